The molecule has 0 saturated heterocycles. The van der Waals surface area contributed by atoms with Crippen LogP contribution in [0.25, 0.3) is 0 Å². The summed E-state index contributed by atoms with van der Waals surface area (Å²) in [6.45, 7) is 0. The van der Waals surface area contributed by atoms with Gasteiger partial charge in [-0.05, 0) is 30.3 Å². The molecule has 0 amide bonds. The molecular formula is C14H7F2NO2. The average Bonchev–Trinajstić information content (AvgIpc) is 2.37. The highest BCUT2D eigenvalue weighted by atomic mass is 19.1. The molecule has 19 heavy (non-hydrogen) atoms. The summed E-state index contributed by atoms with van der Waals surface area (Å²) in [5, 5.41) is 8.62. The van der Waals surface area contributed by atoms with Crippen molar-refractivity contribution in [2.45, 2.75) is 0 Å². The first-order valence-corrected chi connectivity index (χ1v) is 5.22. The van der Waals surface area contributed by atoms with Gasteiger partial charge in [-0.25, -0.2) is 18.6 Å². The van der Waals surface area contributed by atoms with Gasteiger partial charge in [0.2, 0.25) is 0 Å². The summed E-state index contributed by atoms with van der Waals surface area (Å²) in [6, 6.07) is 6.48. The summed E-state index contributed by atoms with van der Waals surface area (Å²) >= 11 is 0. The van der Waals surface area contributed by atoms with Gasteiger partial charge in [0, 0.05) is 17.3 Å². The van der Waals surface area contributed by atoms with Crippen LogP contribution in [0.5, 0.6) is 0 Å². The smallest absolute Gasteiger partial charge is 0.357 e. The van der Waals surface area contributed by atoms with Gasteiger partial charge in [-0.15, -0.1) is 0 Å². The number of aromatic carboxylic acids is 1. The van der Waals surface area contributed by atoms with Gasteiger partial charge in [-0.1, -0.05) is 11.8 Å². The number of pyridine rings is 1. The van der Waals surface area contributed by atoms with E-state index >= 15 is 0 Å². The maximum atomic E-state index is 13.3. The lowest BCUT2D eigenvalue weighted by atomic mass is 10.2. The number of aromatic nitrogens is 1. The third-order valence-corrected chi connectivity index (χ3v) is 2.24. The third-order valence-electron chi connectivity index (χ3n) is 2.24. The molecule has 0 bridgehead atoms. The first kappa shape index (κ1) is 12.7. The lowest BCUT2D eigenvalue weighted by molar-refractivity contribution is 0.0685. The van der Waals surface area contributed by atoms with E-state index in [1.165, 1.54) is 30.5 Å². The molecule has 2 rings (SSSR count). The molecule has 0 unspecified atom stereocenters. The van der Waals surface area contributed by atoms with E-state index in [1.54, 1.807) is 0 Å². The van der Waals surface area contributed by atoms with Crippen molar-refractivity contribution in [1.82, 2.24) is 4.98 Å². The SMILES string of the molecule is O=C(O)c1ncc(C#Cc2ccc(F)cc2)cc1F. The zero-order chi connectivity index (χ0) is 13.8. The molecule has 1 N–H and O–H groups in total. The van der Waals surface area contributed by atoms with Crippen molar-refractivity contribution in [2.75, 3.05) is 0 Å². The number of halogens is 2. The van der Waals surface area contributed by atoms with Crippen LogP contribution < -0.4 is 0 Å². The fourth-order valence-corrected chi connectivity index (χ4v) is 1.34. The Labute approximate surface area is 107 Å². The molecule has 0 radical (unpaired) electrons. The minimum absolute atomic E-state index is 0.242. The second-order valence-corrected chi connectivity index (χ2v) is 3.62. The van der Waals surface area contributed by atoms with Crippen molar-refractivity contribution in [3.63, 3.8) is 0 Å². The predicted molar refractivity (Wildman–Crippen MR) is 63.5 cm³/mol. The Morgan fingerprint density at radius 2 is 1.74 bits per heavy atom. The van der Waals surface area contributed by atoms with Crippen LogP contribution in [0.15, 0.2) is 36.5 Å². The molecule has 0 atom stereocenters. The van der Waals surface area contributed by atoms with Gasteiger partial charge in [-0.3, -0.25) is 0 Å². The van der Waals surface area contributed by atoms with E-state index in [9.17, 15) is 13.6 Å². The first-order chi connectivity index (χ1) is 9.06. The highest BCUT2D eigenvalue weighted by molar-refractivity contribution is 5.85. The Hall–Kier alpha value is -2.74. The largest absolute Gasteiger partial charge is 0.476 e. The molecule has 3 nitrogen and oxygen atoms in total. The second-order valence-electron chi connectivity index (χ2n) is 3.62. The molecule has 5 heteroatoms. The van der Waals surface area contributed by atoms with Gasteiger partial charge in [0.05, 0.1) is 0 Å². The fraction of sp³-hybridized carbons (Fsp3) is 0. The standard InChI is InChI=1S/C14H7F2NO2/c15-11-5-3-9(4-6-11)1-2-10-7-12(16)13(14(18)19)17-8-10/h3-8H,(H,18,19). The van der Waals surface area contributed by atoms with Gasteiger partial charge in [0.15, 0.2) is 11.5 Å². The maximum Gasteiger partial charge on any atom is 0.357 e. The quantitative estimate of drug-likeness (QED) is 0.800. The van der Waals surface area contributed by atoms with Crippen LogP contribution in [0.4, 0.5) is 8.78 Å². The number of rotatable bonds is 1. The minimum Gasteiger partial charge on any atom is -0.476 e. The van der Waals surface area contributed by atoms with Crippen molar-refractivity contribution in [3.8, 4) is 11.8 Å². The van der Waals surface area contributed by atoms with Gasteiger partial charge < -0.3 is 5.11 Å². The van der Waals surface area contributed by atoms with E-state index in [0.29, 0.717) is 5.56 Å². The van der Waals surface area contributed by atoms with E-state index in [0.717, 1.165) is 6.07 Å². The molecule has 0 saturated carbocycles. The van der Waals surface area contributed by atoms with Crippen molar-refractivity contribution >= 4 is 5.97 Å². The minimum atomic E-state index is -1.43. The molecule has 0 spiro atoms. The normalized spacial score (nSPS) is 9.58. The number of carboxylic acids is 1. The van der Waals surface area contributed by atoms with Crippen LogP contribution in [-0.4, -0.2) is 16.1 Å². The molecule has 0 aliphatic rings. The van der Waals surface area contributed by atoms with Crippen molar-refractivity contribution in [1.29, 1.82) is 0 Å². The van der Waals surface area contributed by atoms with Crippen LogP contribution in [-0.2, 0) is 0 Å². The van der Waals surface area contributed by atoms with Crippen molar-refractivity contribution in [3.05, 3.63) is 65.0 Å². The van der Waals surface area contributed by atoms with E-state index in [1.807, 2.05) is 0 Å². The van der Waals surface area contributed by atoms with Crippen molar-refractivity contribution < 1.29 is 18.7 Å². The molecule has 0 fully saturated rings. The number of carboxylic acid groups (broad SMARTS) is 1. The monoisotopic (exact) mass is 259 g/mol. The number of nitrogens with zero attached hydrogens (tertiary/aromatic N) is 1. The van der Waals surface area contributed by atoms with Gasteiger partial charge in [-0.2, -0.15) is 0 Å². The summed E-state index contributed by atoms with van der Waals surface area (Å²) in [4.78, 5) is 14.0. The lowest BCUT2D eigenvalue weighted by Crippen LogP contribution is -2.04. The van der Waals surface area contributed by atoms with Gasteiger partial charge in [0.1, 0.15) is 5.82 Å². The van der Waals surface area contributed by atoms with Gasteiger partial charge >= 0.3 is 5.97 Å². The van der Waals surface area contributed by atoms with Crippen LogP contribution in [0.2, 0.25) is 0 Å². The molecular weight excluding hydrogens is 252 g/mol. The first-order valence-electron chi connectivity index (χ1n) is 5.22. The Balaban J connectivity index is 2.27. The molecule has 1 aromatic heterocycles. The topological polar surface area (TPSA) is 50.2 Å². The third kappa shape index (κ3) is 3.13. The summed E-state index contributed by atoms with van der Waals surface area (Å²) in [7, 11) is 0. The highest BCUT2D eigenvalue weighted by Gasteiger charge is 2.11. The zero-order valence-electron chi connectivity index (χ0n) is 9.52. The molecule has 2 aromatic rings. The molecule has 1 aromatic carbocycles. The number of hydrogen-bond donors (Lipinski definition) is 1. The molecule has 0 aliphatic carbocycles. The lowest BCUT2D eigenvalue weighted by Gasteiger charge is -1.96. The summed E-state index contributed by atoms with van der Waals surface area (Å²) < 4.78 is 26.0. The predicted octanol–water partition coefficient (Wildman–Crippen LogP) is 2.46. The Morgan fingerprint density at radius 3 is 2.32 bits per heavy atom. The van der Waals surface area contributed by atoms with E-state index < -0.39 is 17.5 Å². The zero-order valence-corrected chi connectivity index (χ0v) is 9.52. The molecule has 1 heterocycles. The van der Waals surface area contributed by atoms with E-state index in [4.69, 9.17) is 5.11 Å². The number of hydrogen-bond acceptors (Lipinski definition) is 2. The molecule has 94 valence electrons. The van der Waals surface area contributed by atoms with Crippen LogP contribution in [0, 0.1) is 23.5 Å². The fourth-order valence-electron chi connectivity index (χ4n) is 1.34. The Bertz CT molecular complexity index is 685. The van der Waals surface area contributed by atoms with E-state index in [2.05, 4.69) is 16.8 Å². The summed E-state index contributed by atoms with van der Waals surface area (Å²) in [5.74, 6) is 2.56. The summed E-state index contributed by atoms with van der Waals surface area (Å²) in [5.41, 5.74) is 0.156. The van der Waals surface area contributed by atoms with Crippen molar-refractivity contribution in [2.24, 2.45) is 0 Å². The number of benzene rings is 1. The van der Waals surface area contributed by atoms with E-state index in [-0.39, 0.29) is 11.4 Å². The average molecular weight is 259 g/mol. The van der Waals surface area contributed by atoms with Crippen LogP contribution in [0.3, 0.4) is 0 Å². The summed E-state index contributed by atoms with van der Waals surface area (Å²) in [6.07, 6.45) is 1.17. The maximum absolute atomic E-state index is 13.3. The van der Waals surface area contributed by atoms with Crippen LogP contribution in [0.1, 0.15) is 21.6 Å². The highest BCUT2D eigenvalue weighted by Crippen LogP contribution is 2.07. The Morgan fingerprint density at radius 1 is 1.11 bits per heavy atom. The molecule has 0 aliphatic heterocycles. The van der Waals surface area contributed by atoms with Crippen LogP contribution >= 0.6 is 0 Å². The van der Waals surface area contributed by atoms with Gasteiger partial charge in [0.25, 0.3) is 0 Å². The Kier molecular flexibility index (Phi) is 3.53. The number of carbonyl (C=O) groups is 1. The second kappa shape index (κ2) is 5.27.